The molecule has 3 aromatic carbocycles. The average molecular weight is 868 g/mol. The summed E-state index contributed by atoms with van der Waals surface area (Å²) < 4.78 is 24.6. The maximum atomic E-state index is 7.79. The molecule has 0 aliphatic rings. The van der Waals surface area contributed by atoms with Gasteiger partial charge in [0.25, 0.3) is 0 Å². The van der Waals surface area contributed by atoms with Crippen molar-refractivity contribution in [3.8, 4) is 22.3 Å². The van der Waals surface area contributed by atoms with Gasteiger partial charge in [0, 0.05) is 0 Å². The molecule has 0 spiro atoms. The van der Waals surface area contributed by atoms with Crippen LogP contribution < -0.4 is 3.58 Å². The van der Waals surface area contributed by atoms with Crippen LogP contribution in [0.2, 0.25) is 58.9 Å². The van der Waals surface area contributed by atoms with E-state index in [1.165, 1.54) is 59.2 Å². The van der Waals surface area contributed by atoms with Gasteiger partial charge in [0.15, 0.2) is 0 Å². The number of benzene rings is 3. The summed E-state index contributed by atoms with van der Waals surface area (Å²) in [6, 6.07) is 17.1. The standard InChI is InChI=1S/C36H49.3C3H9OSi.Sn/c1-21(2)29-17-31(23(5)6)35(32(18-29)24(7)8)27-14-13-15-28(16-27)36-33(25(9)10)19-30(22(3)4)20-34(36)26(11)12;3*1-5(2,3)4;/h13-15,17-26H,1-12H3;3*1-3H3;/q;3*-1;+3. The zero-order valence-electron chi connectivity index (χ0n) is 37.2. The van der Waals surface area contributed by atoms with Crippen molar-refractivity contribution in [3.05, 3.63) is 75.8 Å². The van der Waals surface area contributed by atoms with Gasteiger partial charge in [-0.25, -0.2) is 0 Å². The number of rotatable bonds is 15. The normalized spacial score (nSPS) is 13.6. The number of hydrogen-bond acceptors (Lipinski definition) is 3. The monoisotopic (exact) mass is 868 g/mol. The van der Waals surface area contributed by atoms with Crippen LogP contribution in [0.25, 0.3) is 22.3 Å². The van der Waals surface area contributed by atoms with Crippen molar-refractivity contribution in [3.63, 3.8) is 0 Å². The third kappa shape index (κ3) is 11.1. The Labute approximate surface area is 330 Å². The molecule has 290 valence electrons. The second kappa shape index (κ2) is 17.0. The van der Waals surface area contributed by atoms with E-state index in [1.807, 2.05) is 0 Å². The van der Waals surface area contributed by atoms with Crippen molar-refractivity contribution in [2.45, 2.75) is 178 Å². The Hall–Kier alpha value is -1.01. The molecule has 0 unspecified atom stereocenters. The topological polar surface area (TPSA) is 27.7 Å². The van der Waals surface area contributed by atoms with Gasteiger partial charge < -0.3 is 0 Å². The van der Waals surface area contributed by atoms with Crippen molar-refractivity contribution in [2.75, 3.05) is 0 Å². The fraction of sp³-hybridized carbons (Fsp3) is 0.600. The van der Waals surface area contributed by atoms with Crippen LogP contribution in [-0.4, -0.2) is 44.6 Å². The van der Waals surface area contributed by atoms with Crippen LogP contribution >= 0.6 is 0 Å². The third-order valence-electron chi connectivity index (χ3n) is 9.50. The van der Waals surface area contributed by atoms with E-state index in [0.717, 1.165) is 0 Å². The van der Waals surface area contributed by atoms with E-state index in [-0.39, 0.29) is 0 Å². The van der Waals surface area contributed by atoms with Crippen molar-refractivity contribution in [2.24, 2.45) is 0 Å². The van der Waals surface area contributed by atoms with E-state index in [9.17, 15) is 0 Å². The molecule has 0 bridgehead atoms. The number of hydrogen-bond donors (Lipinski definition) is 0. The molecule has 3 rings (SSSR count). The Morgan fingerprint density at radius 2 is 0.654 bits per heavy atom. The molecule has 0 aliphatic heterocycles. The summed E-state index contributed by atoms with van der Waals surface area (Å²) in [6.07, 6.45) is 0. The first-order valence-corrected chi connectivity index (χ1v) is 35.3. The van der Waals surface area contributed by atoms with Crippen molar-refractivity contribution in [1.82, 2.24) is 0 Å². The van der Waals surface area contributed by atoms with Gasteiger partial charge in [-0.3, -0.25) is 0 Å². The summed E-state index contributed by atoms with van der Waals surface area (Å²) in [6.45, 7) is 49.1. The molecule has 0 saturated carbocycles. The molecule has 0 radical (unpaired) electrons. The molecular formula is C45H76O3Si3Sn. The van der Waals surface area contributed by atoms with Crippen LogP contribution in [0.4, 0.5) is 0 Å². The minimum atomic E-state index is -4.81. The molecule has 52 heavy (non-hydrogen) atoms. The van der Waals surface area contributed by atoms with E-state index in [1.54, 1.807) is 0 Å². The summed E-state index contributed by atoms with van der Waals surface area (Å²) in [5.74, 6) is 2.23. The molecule has 0 heterocycles. The predicted octanol–water partition coefficient (Wildman–Crippen LogP) is 14.5. The molecule has 0 fully saturated rings. The van der Waals surface area contributed by atoms with Crippen LogP contribution in [0.1, 0.15) is 152 Å². The van der Waals surface area contributed by atoms with Gasteiger partial charge in [0.1, 0.15) is 0 Å². The van der Waals surface area contributed by atoms with Crippen molar-refractivity contribution < 1.29 is 8.29 Å². The Kier molecular flexibility index (Phi) is 14.8. The molecular weight excluding hydrogens is 791 g/mol. The van der Waals surface area contributed by atoms with Gasteiger partial charge in [-0.2, -0.15) is 0 Å². The molecule has 3 aromatic rings. The Bertz CT molecular complexity index is 1490. The summed E-state index contributed by atoms with van der Waals surface area (Å²) in [4.78, 5) is 0. The van der Waals surface area contributed by atoms with Crippen LogP contribution in [0.15, 0.2) is 42.5 Å². The first-order valence-electron chi connectivity index (χ1n) is 20.2. The van der Waals surface area contributed by atoms with E-state index in [4.69, 9.17) is 8.29 Å². The quantitative estimate of drug-likeness (QED) is 0.142. The van der Waals surface area contributed by atoms with Gasteiger partial charge in [-0.15, -0.1) is 0 Å². The fourth-order valence-electron chi connectivity index (χ4n) is 7.26. The molecule has 0 aliphatic carbocycles. The van der Waals surface area contributed by atoms with Crippen LogP contribution in [0.3, 0.4) is 0 Å². The van der Waals surface area contributed by atoms with Crippen LogP contribution in [0.5, 0.6) is 0 Å². The van der Waals surface area contributed by atoms with E-state index in [0.29, 0.717) is 35.5 Å². The SMILES string of the molecule is CC(C)c1cc(C(C)C)c(-c2cccc(-c3c(C(C)C)cc(C(C)C)cc3C(C)C)[c]2[Sn]([O][Si](C)(C)C)([O][Si](C)(C)C)[O][Si](C)(C)C)c(C(C)C)c1. The van der Waals surface area contributed by atoms with Gasteiger partial charge in [-0.1, -0.05) is 0 Å². The van der Waals surface area contributed by atoms with Crippen molar-refractivity contribution in [1.29, 1.82) is 0 Å². The Morgan fingerprint density at radius 1 is 0.404 bits per heavy atom. The first kappa shape index (κ1) is 45.4. The van der Waals surface area contributed by atoms with Crippen LogP contribution in [0, 0.1) is 0 Å². The summed E-state index contributed by atoms with van der Waals surface area (Å²) in [5, 5.41) is 0. The minimum absolute atomic E-state index is 0.337. The maximum absolute atomic E-state index is 7.79. The molecule has 0 aromatic heterocycles. The second-order valence-corrected chi connectivity index (χ2v) is 43.1. The summed E-state index contributed by atoms with van der Waals surface area (Å²) in [5.41, 5.74) is 13.7. The summed E-state index contributed by atoms with van der Waals surface area (Å²) in [7, 11) is -6.67. The summed E-state index contributed by atoms with van der Waals surface area (Å²) >= 11 is -4.81. The molecule has 3 nitrogen and oxygen atoms in total. The Balaban J connectivity index is 2.91. The van der Waals surface area contributed by atoms with E-state index < -0.39 is 44.6 Å². The first-order chi connectivity index (χ1) is 23.6. The molecule has 0 atom stereocenters. The molecule has 0 amide bonds. The zero-order chi connectivity index (χ0) is 39.9. The third-order valence-corrected chi connectivity index (χ3v) is 38.1. The Morgan fingerprint density at radius 3 is 0.846 bits per heavy atom. The van der Waals surface area contributed by atoms with Gasteiger partial charge in [0.05, 0.1) is 0 Å². The van der Waals surface area contributed by atoms with Gasteiger partial charge >= 0.3 is 332 Å². The van der Waals surface area contributed by atoms with E-state index in [2.05, 4.69) is 184 Å². The fourth-order valence-corrected chi connectivity index (χ4v) is 40.1. The average Bonchev–Trinajstić information content (AvgIpc) is 2.96. The van der Waals surface area contributed by atoms with Crippen LogP contribution in [-0.2, 0) is 8.29 Å². The molecule has 0 saturated heterocycles. The van der Waals surface area contributed by atoms with Gasteiger partial charge in [-0.05, 0) is 0 Å². The second-order valence-electron chi connectivity index (χ2n) is 20.0. The van der Waals surface area contributed by atoms with E-state index >= 15 is 0 Å². The molecule has 0 N–H and O–H groups in total. The molecule has 7 heteroatoms. The zero-order valence-corrected chi connectivity index (χ0v) is 43.1. The van der Waals surface area contributed by atoms with Crippen molar-refractivity contribution >= 4 is 48.2 Å². The van der Waals surface area contributed by atoms with Gasteiger partial charge in [0.2, 0.25) is 0 Å². The predicted molar refractivity (Wildman–Crippen MR) is 241 cm³/mol.